The molecular weight excluding hydrogens is 308 g/mol. The molecule has 5 nitrogen and oxygen atoms in total. The molecule has 1 aliphatic rings. The van der Waals surface area contributed by atoms with Crippen LogP contribution in [0, 0.1) is 0 Å². The predicted octanol–water partition coefficient (Wildman–Crippen LogP) is 0.985. The average molecular weight is 330 g/mol. The minimum Gasteiger partial charge on any atom is -0.310 e. The molecule has 0 radical (unpaired) electrons. The zero-order valence-electron chi connectivity index (χ0n) is 12.2. The molecule has 2 rings (SSSR count). The van der Waals surface area contributed by atoms with Crippen molar-refractivity contribution in [3.8, 4) is 0 Å². The van der Waals surface area contributed by atoms with E-state index in [9.17, 15) is 12.6 Å². The van der Waals surface area contributed by atoms with E-state index >= 15 is 0 Å². The van der Waals surface area contributed by atoms with Gasteiger partial charge < -0.3 is 5.32 Å². The van der Waals surface area contributed by atoms with Gasteiger partial charge in [0.1, 0.15) is 0 Å². The minimum absolute atomic E-state index is 0.273. The van der Waals surface area contributed by atoms with Gasteiger partial charge in [-0.25, -0.2) is 13.1 Å². The van der Waals surface area contributed by atoms with E-state index in [1.54, 1.807) is 18.4 Å². The largest absolute Gasteiger partial charge is 0.310 e. The lowest BCUT2D eigenvalue weighted by atomic mass is 10.2. The highest BCUT2D eigenvalue weighted by molar-refractivity contribution is 7.89. The van der Waals surface area contributed by atoms with Crippen molar-refractivity contribution in [1.29, 1.82) is 0 Å². The predicted molar refractivity (Wildman–Crippen MR) is 85.0 cm³/mol. The van der Waals surface area contributed by atoms with Crippen LogP contribution in [0.4, 0.5) is 0 Å². The molecule has 21 heavy (non-hydrogen) atoms. The summed E-state index contributed by atoms with van der Waals surface area (Å²) in [5.74, 6) is 0.508. The van der Waals surface area contributed by atoms with Gasteiger partial charge in [-0.2, -0.15) is 0 Å². The van der Waals surface area contributed by atoms with Crippen LogP contribution in [0.5, 0.6) is 0 Å². The van der Waals surface area contributed by atoms with Crippen molar-refractivity contribution in [2.45, 2.75) is 36.7 Å². The Labute approximate surface area is 129 Å². The first-order chi connectivity index (χ1) is 9.97. The molecule has 1 saturated carbocycles. The highest BCUT2D eigenvalue weighted by Crippen LogP contribution is 2.19. The number of rotatable bonds is 9. The van der Waals surface area contributed by atoms with Crippen molar-refractivity contribution in [3.05, 3.63) is 29.8 Å². The Morgan fingerprint density at radius 3 is 2.48 bits per heavy atom. The molecule has 7 heteroatoms. The van der Waals surface area contributed by atoms with Crippen molar-refractivity contribution in [1.82, 2.24) is 10.0 Å². The fourth-order valence-electron chi connectivity index (χ4n) is 1.90. The zero-order valence-corrected chi connectivity index (χ0v) is 13.8. The van der Waals surface area contributed by atoms with Crippen molar-refractivity contribution >= 4 is 20.8 Å². The first-order valence-corrected chi connectivity index (χ1v) is 10.3. The highest BCUT2D eigenvalue weighted by atomic mass is 32.2. The van der Waals surface area contributed by atoms with Crippen LogP contribution in [0.3, 0.4) is 0 Å². The Bertz CT molecular complexity index is 581. The van der Waals surface area contributed by atoms with Gasteiger partial charge in [-0.3, -0.25) is 4.21 Å². The molecule has 0 amide bonds. The number of sulfonamides is 1. The van der Waals surface area contributed by atoms with Gasteiger partial charge in [0, 0.05) is 41.9 Å². The van der Waals surface area contributed by atoms with Crippen LogP contribution in [-0.2, 0) is 27.4 Å². The van der Waals surface area contributed by atoms with Gasteiger partial charge in [0.05, 0.1) is 4.90 Å². The summed E-state index contributed by atoms with van der Waals surface area (Å²) in [5.41, 5.74) is 1.09. The molecule has 1 atom stereocenters. The van der Waals surface area contributed by atoms with Gasteiger partial charge in [-0.05, 0) is 37.0 Å². The molecule has 1 aromatic carbocycles. The van der Waals surface area contributed by atoms with Crippen LogP contribution < -0.4 is 10.0 Å². The Morgan fingerprint density at radius 2 is 1.90 bits per heavy atom. The van der Waals surface area contributed by atoms with E-state index in [1.165, 1.54) is 12.8 Å². The summed E-state index contributed by atoms with van der Waals surface area (Å²) in [6.07, 6.45) is 4.66. The van der Waals surface area contributed by atoms with E-state index in [4.69, 9.17) is 0 Å². The summed E-state index contributed by atoms with van der Waals surface area (Å²) in [6.45, 7) is 1.09. The molecule has 0 spiro atoms. The summed E-state index contributed by atoms with van der Waals surface area (Å²) in [6, 6.07) is 7.57. The molecule has 0 saturated heterocycles. The zero-order chi connectivity index (χ0) is 15.3. The molecule has 1 fully saturated rings. The average Bonchev–Trinajstić information content (AvgIpc) is 3.26. The number of hydrogen-bond donors (Lipinski definition) is 2. The molecule has 2 N–H and O–H groups in total. The maximum Gasteiger partial charge on any atom is 0.240 e. The lowest BCUT2D eigenvalue weighted by molar-refractivity contribution is 0.580. The van der Waals surface area contributed by atoms with Gasteiger partial charge >= 0.3 is 0 Å². The van der Waals surface area contributed by atoms with Gasteiger partial charge in [0.15, 0.2) is 0 Å². The van der Waals surface area contributed by atoms with E-state index in [0.29, 0.717) is 24.8 Å². The Hall–Kier alpha value is -0.760. The Balaban J connectivity index is 1.84. The van der Waals surface area contributed by atoms with Gasteiger partial charge in [0.25, 0.3) is 0 Å². The normalized spacial score (nSPS) is 16.8. The molecule has 0 heterocycles. The van der Waals surface area contributed by atoms with E-state index in [2.05, 4.69) is 10.0 Å². The van der Waals surface area contributed by atoms with E-state index in [0.717, 1.165) is 12.1 Å². The molecule has 1 aromatic rings. The van der Waals surface area contributed by atoms with Crippen molar-refractivity contribution in [2.75, 3.05) is 18.6 Å². The number of hydrogen-bond acceptors (Lipinski definition) is 4. The quantitative estimate of drug-likeness (QED) is 0.662. The van der Waals surface area contributed by atoms with Crippen molar-refractivity contribution < 1.29 is 12.6 Å². The van der Waals surface area contributed by atoms with E-state index < -0.39 is 20.8 Å². The fourth-order valence-corrected chi connectivity index (χ4v) is 3.53. The van der Waals surface area contributed by atoms with Crippen LogP contribution in [0.1, 0.15) is 24.8 Å². The van der Waals surface area contributed by atoms with Crippen LogP contribution in [0.25, 0.3) is 0 Å². The molecule has 0 aromatic heterocycles. The Kier molecular flexibility index (Phi) is 5.92. The number of nitrogens with one attached hydrogen (secondary N) is 2. The maximum absolute atomic E-state index is 12.1. The van der Waals surface area contributed by atoms with Crippen LogP contribution in [-0.4, -0.2) is 37.2 Å². The van der Waals surface area contributed by atoms with E-state index in [-0.39, 0.29) is 4.90 Å². The second-order valence-electron chi connectivity index (χ2n) is 5.33. The summed E-state index contributed by atoms with van der Waals surface area (Å²) in [4.78, 5) is 0.273. The number of benzene rings is 1. The summed E-state index contributed by atoms with van der Waals surface area (Å²) in [7, 11) is -4.35. The molecule has 0 aliphatic heterocycles. The molecule has 1 aliphatic carbocycles. The van der Waals surface area contributed by atoms with Crippen molar-refractivity contribution in [3.63, 3.8) is 0 Å². The smallest absolute Gasteiger partial charge is 0.240 e. The van der Waals surface area contributed by atoms with E-state index in [1.807, 2.05) is 12.1 Å². The molecular formula is C14H22N2O3S2. The van der Waals surface area contributed by atoms with Gasteiger partial charge in [-0.1, -0.05) is 12.1 Å². The molecule has 118 valence electrons. The second-order valence-corrected chi connectivity index (χ2v) is 8.65. The van der Waals surface area contributed by atoms with Crippen LogP contribution in [0.15, 0.2) is 29.2 Å². The third-order valence-corrected chi connectivity index (χ3v) is 5.65. The Morgan fingerprint density at radius 1 is 1.24 bits per heavy atom. The lowest BCUT2D eigenvalue weighted by Gasteiger charge is -2.08. The first kappa shape index (κ1) is 16.6. The topological polar surface area (TPSA) is 75.3 Å². The highest BCUT2D eigenvalue weighted by Gasteiger charge is 2.20. The second kappa shape index (κ2) is 7.49. The lowest BCUT2D eigenvalue weighted by Crippen LogP contribution is -2.25. The minimum atomic E-state index is -3.46. The summed E-state index contributed by atoms with van der Waals surface area (Å²) in [5, 5.41) is 3.39. The standard InChI is InChI=1S/C14H22N2O3S2/c1-20(17)10-2-9-16-21(18,19)14-7-3-12(4-8-14)11-15-13-5-6-13/h3-4,7-8,13,15-16H,2,5-6,9-11H2,1H3. The van der Waals surface area contributed by atoms with Crippen molar-refractivity contribution in [2.24, 2.45) is 0 Å². The van der Waals surface area contributed by atoms with Gasteiger partial charge in [-0.15, -0.1) is 0 Å². The molecule has 1 unspecified atom stereocenters. The third kappa shape index (κ3) is 5.86. The van der Waals surface area contributed by atoms with Crippen LogP contribution >= 0.6 is 0 Å². The SMILES string of the molecule is CS(=O)CCCNS(=O)(=O)c1ccc(CNC2CC2)cc1. The van der Waals surface area contributed by atoms with Crippen LogP contribution in [0.2, 0.25) is 0 Å². The fraction of sp³-hybridized carbons (Fsp3) is 0.571. The monoisotopic (exact) mass is 330 g/mol. The third-order valence-electron chi connectivity index (χ3n) is 3.31. The maximum atomic E-state index is 12.1. The van der Waals surface area contributed by atoms with Gasteiger partial charge in [0.2, 0.25) is 10.0 Å². The first-order valence-electron chi connectivity index (χ1n) is 7.09. The summed E-state index contributed by atoms with van der Waals surface area (Å²) >= 11 is 0. The molecule has 0 bridgehead atoms. The summed E-state index contributed by atoms with van der Waals surface area (Å²) < 4.78 is 37.6.